The average molecular weight is 270 g/mol. The first-order valence-corrected chi connectivity index (χ1v) is 7.43. The Morgan fingerprint density at radius 2 is 1.83 bits per heavy atom. The zero-order valence-electron chi connectivity index (χ0n) is 11.4. The molecule has 1 aromatic rings. The fourth-order valence-corrected chi connectivity index (χ4v) is 2.65. The third kappa shape index (κ3) is 3.80. The lowest BCUT2D eigenvalue weighted by atomic mass is 9.95. The van der Waals surface area contributed by atoms with E-state index in [0.29, 0.717) is 18.0 Å². The summed E-state index contributed by atoms with van der Waals surface area (Å²) in [6.45, 7) is 8.47. The van der Waals surface area contributed by atoms with Crippen LogP contribution in [0, 0.1) is 19.3 Å². The van der Waals surface area contributed by atoms with Crippen LogP contribution in [-0.4, -0.2) is 21.5 Å². The van der Waals surface area contributed by atoms with Crippen LogP contribution in [0.25, 0.3) is 0 Å². The van der Waals surface area contributed by atoms with Gasteiger partial charge in [0.1, 0.15) is 0 Å². The molecule has 0 radical (unpaired) electrons. The number of hydrogen-bond donors (Lipinski definition) is 2. The summed E-state index contributed by atoms with van der Waals surface area (Å²) in [6.07, 6.45) is 0. The molecule has 0 heterocycles. The quantitative estimate of drug-likeness (QED) is 0.853. The molecule has 0 atom stereocenters. The van der Waals surface area contributed by atoms with Gasteiger partial charge in [-0.2, -0.15) is 0 Å². The molecule has 0 aliphatic carbocycles. The summed E-state index contributed by atoms with van der Waals surface area (Å²) in [6, 6.07) is 5.13. The molecule has 0 aliphatic rings. The van der Waals surface area contributed by atoms with Crippen LogP contribution in [0.3, 0.4) is 0 Å². The zero-order chi connectivity index (χ0) is 14.0. The molecule has 102 valence electrons. The van der Waals surface area contributed by atoms with Crippen molar-refractivity contribution in [3.05, 3.63) is 29.3 Å². The Hall–Kier alpha value is -0.910. The second kappa shape index (κ2) is 5.38. The second-order valence-electron chi connectivity index (χ2n) is 5.44. The molecular weight excluding hydrogens is 248 g/mol. The molecule has 18 heavy (non-hydrogen) atoms. The fraction of sp³-hybridized carbons (Fsp3) is 0.538. The number of benzene rings is 1. The smallest absolute Gasteiger partial charge is 0.240 e. The maximum Gasteiger partial charge on any atom is 0.240 e. The Labute approximate surface area is 110 Å². The normalized spacial score (nSPS) is 12.7. The Morgan fingerprint density at radius 3 is 2.33 bits per heavy atom. The van der Waals surface area contributed by atoms with E-state index in [1.807, 2.05) is 33.8 Å². The lowest BCUT2D eigenvalue weighted by Gasteiger charge is -2.22. The number of nitrogens with one attached hydrogen (secondary N) is 1. The summed E-state index contributed by atoms with van der Waals surface area (Å²) in [5, 5.41) is 0. The molecule has 0 bridgehead atoms. The van der Waals surface area contributed by atoms with Gasteiger partial charge in [-0.3, -0.25) is 0 Å². The van der Waals surface area contributed by atoms with E-state index in [9.17, 15) is 8.42 Å². The van der Waals surface area contributed by atoms with E-state index >= 15 is 0 Å². The van der Waals surface area contributed by atoms with Crippen molar-refractivity contribution in [2.24, 2.45) is 11.1 Å². The maximum atomic E-state index is 12.1. The van der Waals surface area contributed by atoms with Crippen molar-refractivity contribution in [3.8, 4) is 0 Å². The molecule has 1 rings (SSSR count). The largest absolute Gasteiger partial charge is 0.330 e. The SMILES string of the molecule is Cc1ccc(S(=O)(=O)NCC(C)(C)CN)cc1C. The molecule has 0 fully saturated rings. The summed E-state index contributed by atoms with van der Waals surface area (Å²) in [7, 11) is -3.45. The van der Waals surface area contributed by atoms with Crippen LogP contribution in [0.4, 0.5) is 0 Å². The fourth-order valence-electron chi connectivity index (χ4n) is 1.33. The number of aryl methyl sites for hydroxylation is 2. The number of hydrogen-bond acceptors (Lipinski definition) is 3. The third-order valence-electron chi connectivity index (χ3n) is 3.08. The van der Waals surface area contributed by atoms with Crippen molar-refractivity contribution < 1.29 is 8.42 Å². The highest BCUT2D eigenvalue weighted by Crippen LogP contribution is 2.16. The lowest BCUT2D eigenvalue weighted by Crippen LogP contribution is -2.38. The van der Waals surface area contributed by atoms with Gasteiger partial charge in [0.25, 0.3) is 0 Å². The summed E-state index contributed by atoms with van der Waals surface area (Å²) in [5.74, 6) is 0. The van der Waals surface area contributed by atoms with Gasteiger partial charge in [-0.15, -0.1) is 0 Å². The van der Waals surface area contributed by atoms with E-state index in [4.69, 9.17) is 5.73 Å². The first-order valence-electron chi connectivity index (χ1n) is 5.95. The van der Waals surface area contributed by atoms with Crippen molar-refractivity contribution in [3.63, 3.8) is 0 Å². The van der Waals surface area contributed by atoms with Crippen LogP contribution in [0.2, 0.25) is 0 Å². The predicted octanol–water partition coefficient (Wildman–Crippen LogP) is 1.57. The minimum atomic E-state index is -3.45. The van der Waals surface area contributed by atoms with E-state index in [1.165, 1.54) is 0 Å². The highest BCUT2D eigenvalue weighted by molar-refractivity contribution is 7.89. The van der Waals surface area contributed by atoms with Crippen LogP contribution < -0.4 is 10.5 Å². The zero-order valence-corrected chi connectivity index (χ0v) is 12.3. The van der Waals surface area contributed by atoms with Crippen molar-refractivity contribution in [1.29, 1.82) is 0 Å². The van der Waals surface area contributed by atoms with Crippen molar-refractivity contribution >= 4 is 10.0 Å². The Bertz CT molecular complexity index is 522. The molecule has 5 heteroatoms. The molecule has 1 aromatic carbocycles. The van der Waals surface area contributed by atoms with Gasteiger partial charge in [0, 0.05) is 6.54 Å². The molecule has 0 saturated heterocycles. The van der Waals surface area contributed by atoms with Crippen molar-refractivity contribution in [2.45, 2.75) is 32.6 Å². The van der Waals surface area contributed by atoms with Crippen LogP contribution in [-0.2, 0) is 10.0 Å². The van der Waals surface area contributed by atoms with E-state index in [2.05, 4.69) is 4.72 Å². The Kier molecular flexibility index (Phi) is 4.53. The monoisotopic (exact) mass is 270 g/mol. The molecule has 0 spiro atoms. The average Bonchev–Trinajstić information content (AvgIpc) is 2.30. The van der Waals surface area contributed by atoms with Crippen LogP contribution in [0.5, 0.6) is 0 Å². The number of nitrogens with two attached hydrogens (primary N) is 1. The molecule has 0 amide bonds. The Balaban J connectivity index is 2.90. The van der Waals surface area contributed by atoms with Crippen molar-refractivity contribution in [2.75, 3.05) is 13.1 Å². The highest BCUT2D eigenvalue weighted by Gasteiger charge is 2.21. The molecule has 0 saturated carbocycles. The first-order chi connectivity index (χ1) is 8.18. The number of sulfonamides is 1. The van der Waals surface area contributed by atoms with Gasteiger partial charge in [-0.25, -0.2) is 13.1 Å². The first kappa shape index (κ1) is 15.1. The van der Waals surface area contributed by atoms with Gasteiger partial charge in [0.2, 0.25) is 10.0 Å². The minimum Gasteiger partial charge on any atom is -0.330 e. The van der Waals surface area contributed by atoms with E-state index in [-0.39, 0.29) is 5.41 Å². The summed E-state index contributed by atoms with van der Waals surface area (Å²) in [4.78, 5) is 0.304. The van der Waals surface area contributed by atoms with Gasteiger partial charge in [0.05, 0.1) is 4.90 Å². The lowest BCUT2D eigenvalue weighted by molar-refractivity contribution is 0.376. The molecule has 0 aromatic heterocycles. The summed E-state index contributed by atoms with van der Waals surface area (Å²) < 4.78 is 26.8. The Morgan fingerprint density at radius 1 is 1.22 bits per heavy atom. The molecule has 4 nitrogen and oxygen atoms in total. The second-order valence-corrected chi connectivity index (χ2v) is 7.21. The minimum absolute atomic E-state index is 0.243. The van der Waals surface area contributed by atoms with Crippen LogP contribution in [0.15, 0.2) is 23.1 Å². The molecule has 3 N–H and O–H groups in total. The molecule has 0 unspecified atom stereocenters. The van der Waals surface area contributed by atoms with E-state index < -0.39 is 10.0 Å². The highest BCUT2D eigenvalue weighted by atomic mass is 32.2. The van der Waals surface area contributed by atoms with Gasteiger partial charge in [0.15, 0.2) is 0 Å². The van der Waals surface area contributed by atoms with Gasteiger partial charge < -0.3 is 5.73 Å². The van der Waals surface area contributed by atoms with Gasteiger partial charge >= 0.3 is 0 Å². The van der Waals surface area contributed by atoms with Gasteiger partial charge in [-0.05, 0) is 49.1 Å². The maximum absolute atomic E-state index is 12.1. The van der Waals surface area contributed by atoms with Crippen LogP contribution in [0.1, 0.15) is 25.0 Å². The standard InChI is InChI=1S/C13H22N2O2S/c1-10-5-6-12(7-11(10)2)18(16,17)15-9-13(3,4)8-14/h5-7,15H,8-9,14H2,1-4H3. The summed E-state index contributed by atoms with van der Waals surface area (Å²) >= 11 is 0. The predicted molar refractivity (Wildman–Crippen MR) is 73.9 cm³/mol. The van der Waals surface area contributed by atoms with Crippen molar-refractivity contribution in [1.82, 2.24) is 4.72 Å². The van der Waals surface area contributed by atoms with Crippen LogP contribution >= 0.6 is 0 Å². The molecule has 0 aliphatic heterocycles. The van der Waals surface area contributed by atoms with E-state index in [0.717, 1.165) is 11.1 Å². The third-order valence-corrected chi connectivity index (χ3v) is 4.48. The summed E-state index contributed by atoms with van der Waals surface area (Å²) in [5.41, 5.74) is 7.39. The van der Waals surface area contributed by atoms with E-state index in [1.54, 1.807) is 12.1 Å². The van der Waals surface area contributed by atoms with Gasteiger partial charge in [-0.1, -0.05) is 19.9 Å². The molecular formula is C13H22N2O2S. The number of rotatable bonds is 5. The topological polar surface area (TPSA) is 72.2 Å².